The molecule has 3 aromatic rings. The van der Waals surface area contributed by atoms with Crippen molar-refractivity contribution in [3.63, 3.8) is 0 Å². The number of hydrogen-bond donors (Lipinski definition) is 2. The lowest BCUT2D eigenvalue weighted by atomic mass is 10.2. The van der Waals surface area contributed by atoms with Crippen LogP contribution in [0.15, 0.2) is 39.9 Å². The second-order valence-electron chi connectivity index (χ2n) is 6.26. The number of hydrogen-bond acceptors (Lipinski definition) is 4. The first-order valence-electron chi connectivity index (χ1n) is 8.23. The van der Waals surface area contributed by atoms with Crippen LogP contribution in [0.5, 0.6) is 0 Å². The SMILES string of the molecule is Cc1ccc(-n2c(C)cc(C=Cc3[nH]c(=O)[nH]c(=O)c3[N+](=O)[O-])c2C)cc1. The van der Waals surface area contributed by atoms with Gasteiger partial charge in [0.2, 0.25) is 0 Å². The quantitative estimate of drug-likeness (QED) is 0.546. The second kappa shape index (κ2) is 6.91. The molecule has 138 valence electrons. The Labute approximate surface area is 154 Å². The maximum Gasteiger partial charge on any atom is 0.357 e. The molecule has 8 nitrogen and oxygen atoms in total. The van der Waals surface area contributed by atoms with Gasteiger partial charge in [0.1, 0.15) is 5.69 Å². The molecule has 1 aromatic carbocycles. The molecule has 0 amide bonds. The number of nitrogens with one attached hydrogen (secondary N) is 2. The highest BCUT2D eigenvalue weighted by Gasteiger charge is 2.19. The highest BCUT2D eigenvalue weighted by Crippen LogP contribution is 2.23. The molecule has 0 aliphatic rings. The summed E-state index contributed by atoms with van der Waals surface area (Å²) in [4.78, 5) is 37.6. The Bertz CT molecular complexity index is 1160. The van der Waals surface area contributed by atoms with Gasteiger partial charge in [-0.25, -0.2) is 4.79 Å². The van der Waals surface area contributed by atoms with Crippen molar-refractivity contribution in [1.82, 2.24) is 14.5 Å². The molecule has 0 saturated heterocycles. The van der Waals surface area contributed by atoms with Gasteiger partial charge in [0, 0.05) is 17.1 Å². The summed E-state index contributed by atoms with van der Waals surface area (Å²) in [5, 5.41) is 11.1. The fraction of sp³-hybridized carbons (Fsp3) is 0.158. The van der Waals surface area contributed by atoms with E-state index in [0.717, 1.165) is 28.2 Å². The number of aromatic amines is 2. The van der Waals surface area contributed by atoms with Crippen molar-refractivity contribution in [3.05, 3.63) is 89.5 Å². The van der Waals surface area contributed by atoms with E-state index in [4.69, 9.17) is 0 Å². The van der Waals surface area contributed by atoms with Gasteiger partial charge in [0.25, 0.3) is 0 Å². The largest absolute Gasteiger partial charge is 0.357 e. The third-order valence-corrected chi connectivity index (χ3v) is 4.32. The molecule has 0 unspecified atom stereocenters. The van der Waals surface area contributed by atoms with E-state index in [0.29, 0.717) is 0 Å². The van der Waals surface area contributed by atoms with Gasteiger partial charge in [-0.3, -0.25) is 19.9 Å². The molecule has 0 radical (unpaired) electrons. The van der Waals surface area contributed by atoms with Crippen molar-refractivity contribution in [3.8, 4) is 5.69 Å². The summed E-state index contributed by atoms with van der Waals surface area (Å²) in [5.74, 6) is 0. The smallest absolute Gasteiger partial charge is 0.318 e. The van der Waals surface area contributed by atoms with Crippen molar-refractivity contribution in [2.24, 2.45) is 0 Å². The lowest BCUT2D eigenvalue weighted by Crippen LogP contribution is -2.25. The number of H-pyrrole nitrogens is 2. The van der Waals surface area contributed by atoms with Crippen molar-refractivity contribution >= 4 is 17.8 Å². The molecule has 8 heteroatoms. The zero-order valence-electron chi connectivity index (χ0n) is 15.1. The number of aryl methyl sites for hydroxylation is 2. The van der Waals surface area contributed by atoms with Crippen molar-refractivity contribution < 1.29 is 4.92 Å². The van der Waals surface area contributed by atoms with E-state index < -0.39 is 21.9 Å². The first kappa shape index (κ1) is 18.1. The van der Waals surface area contributed by atoms with Gasteiger partial charge in [-0.05, 0) is 50.6 Å². The first-order chi connectivity index (χ1) is 12.8. The summed E-state index contributed by atoms with van der Waals surface area (Å²) in [6, 6.07) is 10.0. The highest BCUT2D eigenvalue weighted by atomic mass is 16.6. The summed E-state index contributed by atoms with van der Waals surface area (Å²) < 4.78 is 2.06. The molecule has 2 N–H and O–H groups in total. The lowest BCUT2D eigenvalue weighted by molar-refractivity contribution is -0.386. The zero-order chi connectivity index (χ0) is 19.7. The second-order valence-corrected chi connectivity index (χ2v) is 6.26. The van der Waals surface area contributed by atoms with Crippen LogP contribution in [0.1, 0.15) is 28.2 Å². The number of benzene rings is 1. The molecule has 3 rings (SSSR count). The molecular weight excluding hydrogens is 348 g/mol. The Morgan fingerprint density at radius 1 is 1.04 bits per heavy atom. The van der Waals surface area contributed by atoms with Gasteiger partial charge in [-0.15, -0.1) is 0 Å². The molecule has 0 spiro atoms. The summed E-state index contributed by atoms with van der Waals surface area (Å²) in [6.45, 7) is 5.91. The van der Waals surface area contributed by atoms with Gasteiger partial charge >= 0.3 is 16.9 Å². The van der Waals surface area contributed by atoms with E-state index >= 15 is 0 Å². The van der Waals surface area contributed by atoms with E-state index in [2.05, 4.69) is 9.55 Å². The van der Waals surface area contributed by atoms with Gasteiger partial charge in [0.05, 0.1) is 4.92 Å². The van der Waals surface area contributed by atoms with Crippen LogP contribution in [0.4, 0.5) is 5.69 Å². The average Bonchev–Trinajstić information content (AvgIpc) is 2.87. The van der Waals surface area contributed by atoms with Crippen LogP contribution in [0.2, 0.25) is 0 Å². The van der Waals surface area contributed by atoms with E-state index in [1.165, 1.54) is 6.08 Å². The summed E-state index contributed by atoms with van der Waals surface area (Å²) in [7, 11) is 0. The van der Waals surface area contributed by atoms with Crippen LogP contribution in [-0.2, 0) is 0 Å². The Morgan fingerprint density at radius 3 is 2.33 bits per heavy atom. The Kier molecular flexibility index (Phi) is 4.64. The first-order valence-corrected chi connectivity index (χ1v) is 8.23. The summed E-state index contributed by atoms with van der Waals surface area (Å²) >= 11 is 0. The molecule has 0 bridgehead atoms. The van der Waals surface area contributed by atoms with Crippen LogP contribution < -0.4 is 11.2 Å². The molecule has 0 aliphatic carbocycles. The summed E-state index contributed by atoms with van der Waals surface area (Å²) in [6.07, 6.45) is 3.01. The van der Waals surface area contributed by atoms with Gasteiger partial charge in [-0.2, -0.15) is 0 Å². The molecule has 0 fully saturated rings. The van der Waals surface area contributed by atoms with Crippen molar-refractivity contribution in [2.45, 2.75) is 20.8 Å². The molecular formula is C19H18N4O4. The molecule has 27 heavy (non-hydrogen) atoms. The van der Waals surface area contributed by atoms with Crippen molar-refractivity contribution in [1.29, 1.82) is 0 Å². The van der Waals surface area contributed by atoms with Gasteiger partial charge < -0.3 is 9.55 Å². The van der Waals surface area contributed by atoms with E-state index in [-0.39, 0.29) is 5.69 Å². The van der Waals surface area contributed by atoms with E-state index in [9.17, 15) is 19.7 Å². The maximum absolute atomic E-state index is 11.7. The Morgan fingerprint density at radius 2 is 1.70 bits per heavy atom. The van der Waals surface area contributed by atoms with Crippen LogP contribution >= 0.6 is 0 Å². The molecule has 2 heterocycles. The van der Waals surface area contributed by atoms with Crippen LogP contribution in [0.25, 0.3) is 17.8 Å². The predicted molar refractivity (Wildman–Crippen MR) is 103 cm³/mol. The number of nitrogens with zero attached hydrogens (tertiary/aromatic N) is 2. The molecule has 0 saturated carbocycles. The van der Waals surface area contributed by atoms with Crippen molar-refractivity contribution in [2.75, 3.05) is 0 Å². The predicted octanol–water partition coefficient (Wildman–Crippen LogP) is 2.86. The number of aromatic nitrogens is 3. The van der Waals surface area contributed by atoms with Crippen LogP contribution in [-0.4, -0.2) is 19.5 Å². The Hall–Kier alpha value is -3.68. The van der Waals surface area contributed by atoms with E-state index in [1.807, 2.05) is 56.1 Å². The molecule has 0 atom stereocenters. The minimum atomic E-state index is -1.03. The number of rotatable bonds is 4. The topological polar surface area (TPSA) is 114 Å². The standard InChI is InChI=1S/C19H18N4O4/c1-11-4-7-15(8-5-11)22-12(2)10-14(13(22)3)6-9-16-17(23(26)27)18(24)21-19(25)20-16/h4-10H,1-3H3,(H2,20,21,24,25). The third-order valence-electron chi connectivity index (χ3n) is 4.32. The minimum Gasteiger partial charge on any atom is -0.318 e. The fourth-order valence-corrected chi connectivity index (χ4v) is 3.02. The van der Waals surface area contributed by atoms with Crippen LogP contribution in [0, 0.1) is 30.9 Å². The highest BCUT2D eigenvalue weighted by molar-refractivity contribution is 5.73. The normalized spacial score (nSPS) is 11.2. The summed E-state index contributed by atoms with van der Waals surface area (Å²) in [5.41, 5.74) is 2.24. The van der Waals surface area contributed by atoms with Crippen LogP contribution in [0.3, 0.4) is 0 Å². The minimum absolute atomic E-state index is 0.145. The molecule has 0 aliphatic heterocycles. The monoisotopic (exact) mass is 366 g/mol. The Balaban J connectivity index is 2.07. The number of nitro groups is 1. The van der Waals surface area contributed by atoms with Gasteiger partial charge in [0.15, 0.2) is 0 Å². The average molecular weight is 366 g/mol. The lowest BCUT2D eigenvalue weighted by Gasteiger charge is -2.09. The maximum atomic E-state index is 11.7. The fourth-order valence-electron chi connectivity index (χ4n) is 3.02. The van der Waals surface area contributed by atoms with E-state index in [1.54, 1.807) is 6.08 Å². The molecule has 2 aromatic heterocycles. The van der Waals surface area contributed by atoms with Gasteiger partial charge in [-0.1, -0.05) is 23.8 Å². The zero-order valence-corrected chi connectivity index (χ0v) is 15.1. The third kappa shape index (κ3) is 3.50.